The Hall–Kier alpha value is -7.30. The number of carbonyl (C=O) groups is 7. The van der Waals surface area contributed by atoms with E-state index in [4.69, 9.17) is 15.2 Å². The van der Waals surface area contributed by atoms with Gasteiger partial charge in [0.05, 0.1) is 37.6 Å². The number of phenolic OH excluding ortho intramolecular Hbond substituents is 1. The van der Waals surface area contributed by atoms with Gasteiger partial charge in [-0.15, -0.1) is 12.4 Å². The molecule has 0 spiro atoms. The van der Waals surface area contributed by atoms with Gasteiger partial charge in [0.1, 0.15) is 66.1 Å². The van der Waals surface area contributed by atoms with Gasteiger partial charge in [0.2, 0.25) is 35.4 Å². The normalized spacial score (nSPS) is 26.7. The monoisotopic (exact) mass is 1220 g/mol. The molecule has 3 aliphatic heterocycles. The predicted molar refractivity (Wildman–Crippen MR) is 313 cm³/mol. The molecule has 7 rings (SSSR count). The molecule has 0 aromatic heterocycles. The summed E-state index contributed by atoms with van der Waals surface area (Å²) in [6.07, 6.45) is -12.8. The van der Waals surface area contributed by atoms with Crippen LogP contribution in [0, 0.1) is 5.92 Å². The number of nitrogens with zero attached hydrogens (tertiary/aromatic N) is 2. The SMILES string of the molecule is CCCCCOc1ccc(-c2ccc(-c3ccc(C(=O)N[C@H]4C[C@@H](O)[C@@H](OCCN)NC(=O)[C@@H]5[C@@H](O)[C@@H](C)CN5C(=O)[C@H]([C@@H](C)O)NC(=O)[C@H]([C@H](O)[C@@H](O)c5ccc(O)cc5)NC(=O)[C@@H]5C[C@@H](O)CN5C(=O)[C@H]([C@@H](C)O)NC4=O)cc3)cc2)cc1.Cl. The van der Waals surface area contributed by atoms with Crippen molar-refractivity contribution in [3.05, 3.63) is 108 Å². The van der Waals surface area contributed by atoms with E-state index in [0.717, 1.165) is 83.0 Å². The van der Waals surface area contributed by atoms with Gasteiger partial charge in [0.25, 0.3) is 5.91 Å². The van der Waals surface area contributed by atoms with Crippen LogP contribution in [0.4, 0.5) is 0 Å². The third kappa shape index (κ3) is 16.6. The Balaban J connectivity index is 0.0000118. The van der Waals surface area contributed by atoms with Crippen molar-refractivity contribution in [3.63, 3.8) is 0 Å². The van der Waals surface area contributed by atoms with Crippen LogP contribution >= 0.6 is 12.4 Å². The Labute approximate surface area is 503 Å². The first-order chi connectivity index (χ1) is 40.5. The molecule has 7 amide bonds. The molecule has 0 unspecified atom stereocenters. The fraction of sp³-hybridized carbons (Fsp3) is 0.483. The summed E-state index contributed by atoms with van der Waals surface area (Å²) in [6, 6.07) is 15.1. The summed E-state index contributed by atoms with van der Waals surface area (Å²) < 4.78 is 11.6. The number of nitrogens with one attached hydrogen (secondary N) is 5. The standard InChI is InChI=1S/C60H78N8O17.ClH/c1-5-6-7-25-84-42-22-18-37(19-23-42)35-10-8-34(9-11-35)36-12-14-39(15-13-36)53(77)62-43-28-45(73)58(85-26-24-61)66-57(81)49-50(74)31(2)29-68(49)60(83)47(33(4)70)64-56(80)48(52(76)51(75)38-16-20-40(71)21-17-38)65-55(79)44-27-41(72)30-67(44)59(82)46(32(3)69)63-54(43)78;/h8-23,31-33,41,43-52,58,69-76H,5-7,24-30,61H2,1-4H3,(H,62,77)(H,63,78)(H,64,80)(H,65,79)(H,66,81);1H/t31-,32+,33+,41+,43-,44-,45+,46-,47-,48-,49-,50-,51-,52-,58+;/m0./s1. The molecule has 3 fully saturated rings. The van der Waals surface area contributed by atoms with Crippen molar-refractivity contribution < 1.29 is 83.9 Å². The third-order valence-electron chi connectivity index (χ3n) is 15.4. The molecule has 4 aromatic carbocycles. The first-order valence-electron chi connectivity index (χ1n) is 28.5. The van der Waals surface area contributed by atoms with E-state index in [1.165, 1.54) is 31.2 Å². The molecule has 0 radical (unpaired) electrons. The summed E-state index contributed by atoms with van der Waals surface area (Å²) in [4.78, 5) is 103. The maximum absolute atomic E-state index is 14.7. The minimum absolute atomic E-state index is 0. The molecule has 3 heterocycles. The van der Waals surface area contributed by atoms with Crippen molar-refractivity contribution in [2.75, 3.05) is 32.8 Å². The van der Waals surface area contributed by atoms with Gasteiger partial charge in [-0.2, -0.15) is 0 Å². The number of halogens is 1. The average molecular weight is 1220 g/mol. The summed E-state index contributed by atoms with van der Waals surface area (Å²) in [5.74, 6) is -8.38. The van der Waals surface area contributed by atoms with Crippen LogP contribution in [-0.4, -0.2) is 204 Å². The molecular weight excluding hydrogens is 1140 g/mol. The molecule has 3 aliphatic rings. The van der Waals surface area contributed by atoms with E-state index in [1.807, 2.05) is 48.5 Å². The molecule has 468 valence electrons. The maximum atomic E-state index is 14.7. The van der Waals surface area contributed by atoms with E-state index in [-0.39, 0.29) is 49.0 Å². The van der Waals surface area contributed by atoms with Crippen LogP contribution in [0.3, 0.4) is 0 Å². The van der Waals surface area contributed by atoms with E-state index in [1.54, 1.807) is 12.1 Å². The minimum atomic E-state index is -2.29. The van der Waals surface area contributed by atoms with Crippen LogP contribution in [0.2, 0.25) is 0 Å². The zero-order chi connectivity index (χ0) is 61.8. The number of aliphatic hydroxyl groups excluding tert-OH is 7. The summed E-state index contributed by atoms with van der Waals surface area (Å²) in [5, 5.41) is 102. The van der Waals surface area contributed by atoms with Gasteiger partial charge in [-0.25, -0.2) is 0 Å². The molecule has 15 atom stereocenters. The fourth-order valence-electron chi connectivity index (χ4n) is 10.6. The molecule has 0 saturated carbocycles. The molecular formula is C60H79ClN8O17. The number of fused-ring (bicyclic) bond motifs is 2. The molecule has 26 heteroatoms. The topological polar surface area (TPSA) is 392 Å². The van der Waals surface area contributed by atoms with E-state index in [0.29, 0.717) is 6.61 Å². The van der Waals surface area contributed by atoms with Crippen molar-refractivity contribution in [1.29, 1.82) is 0 Å². The van der Waals surface area contributed by atoms with Crippen molar-refractivity contribution in [2.45, 2.75) is 145 Å². The first-order valence-corrected chi connectivity index (χ1v) is 28.5. The molecule has 86 heavy (non-hydrogen) atoms. The second kappa shape index (κ2) is 30.9. The van der Waals surface area contributed by atoms with E-state index in [2.05, 4.69) is 33.5 Å². The zero-order valence-corrected chi connectivity index (χ0v) is 48.9. The van der Waals surface area contributed by atoms with Gasteiger partial charge in [-0.05, 0) is 84.5 Å². The highest BCUT2D eigenvalue weighted by molar-refractivity contribution is 6.00. The Morgan fingerprint density at radius 3 is 1.76 bits per heavy atom. The molecule has 0 aliphatic carbocycles. The summed E-state index contributed by atoms with van der Waals surface area (Å²) >= 11 is 0. The number of benzene rings is 4. The Morgan fingerprint density at radius 1 is 0.663 bits per heavy atom. The zero-order valence-electron chi connectivity index (χ0n) is 48.1. The van der Waals surface area contributed by atoms with Crippen LogP contribution < -0.4 is 37.1 Å². The van der Waals surface area contributed by atoms with Crippen LogP contribution in [0.25, 0.3) is 22.3 Å². The lowest BCUT2D eigenvalue weighted by Gasteiger charge is -2.34. The number of aromatic hydroxyl groups is 1. The first kappa shape index (κ1) is 67.8. The highest BCUT2D eigenvalue weighted by atomic mass is 35.5. The highest BCUT2D eigenvalue weighted by Crippen LogP contribution is 2.30. The quantitative estimate of drug-likeness (QED) is 0.0591. The summed E-state index contributed by atoms with van der Waals surface area (Å²) in [5.41, 5.74) is 9.20. The summed E-state index contributed by atoms with van der Waals surface area (Å²) in [6.45, 7) is 5.08. The number of aliphatic hydroxyl groups is 7. The Kier molecular flexibility index (Phi) is 24.3. The third-order valence-corrected chi connectivity index (χ3v) is 15.4. The summed E-state index contributed by atoms with van der Waals surface area (Å²) in [7, 11) is 0. The lowest BCUT2D eigenvalue weighted by Crippen LogP contribution is -2.64. The van der Waals surface area contributed by atoms with Gasteiger partial charge < -0.3 is 92.4 Å². The van der Waals surface area contributed by atoms with Crippen molar-refractivity contribution in [1.82, 2.24) is 36.4 Å². The number of ether oxygens (including phenoxy) is 2. The van der Waals surface area contributed by atoms with Crippen LogP contribution in [0.5, 0.6) is 11.5 Å². The van der Waals surface area contributed by atoms with E-state index < -0.39 is 152 Å². The van der Waals surface area contributed by atoms with E-state index >= 15 is 0 Å². The van der Waals surface area contributed by atoms with Crippen molar-refractivity contribution >= 4 is 53.8 Å². The number of hydrogen-bond acceptors (Lipinski definition) is 18. The largest absolute Gasteiger partial charge is 0.508 e. The Bertz CT molecular complexity index is 2940. The maximum Gasteiger partial charge on any atom is 0.251 e. The predicted octanol–water partition coefficient (Wildman–Crippen LogP) is -0.522. The van der Waals surface area contributed by atoms with Crippen LogP contribution in [-0.2, 0) is 33.5 Å². The number of carbonyl (C=O) groups excluding carboxylic acids is 7. The molecule has 15 N–H and O–H groups in total. The van der Waals surface area contributed by atoms with Gasteiger partial charge in [0.15, 0.2) is 6.23 Å². The second-order valence-electron chi connectivity index (χ2n) is 21.9. The number of rotatable bonds is 17. The number of nitrogens with two attached hydrogens (primary N) is 1. The van der Waals surface area contributed by atoms with Gasteiger partial charge in [-0.1, -0.05) is 87.4 Å². The van der Waals surface area contributed by atoms with Crippen LogP contribution in [0.1, 0.15) is 81.8 Å². The second-order valence-corrected chi connectivity index (χ2v) is 21.9. The smallest absolute Gasteiger partial charge is 0.251 e. The number of amides is 7. The van der Waals surface area contributed by atoms with Crippen molar-refractivity contribution in [3.8, 4) is 33.8 Å². The number of unbranched alkanes of at least 4 members (excludes halogenated alkanes) is 2. The van der Waals surface area contributed by atoms with Gasteiger partial charge >= 0.3 is 0 Å². The van der Waals surface area contributed by atoms with Crippen molar-refractivity contribution in [2.24, 2.45) is 11.7 Å². The van der Waals surface area contributed by atoms with Crippen LogP contribution in [0.15, 0.2) is 97.1 Å². The lowest BCUT2D eigenvalue weighted by molar-refractivity contribution is -0.149. The average Bonchev–Trinajstić information content (AvgIpc) is 2.65. The Morgan fingerprint density at radius 2 is 1.20 bits per heavy atom. The highest BCUT2D eigenvalue weighted by Gasteiger charge is 2.50. The number of hydrogen-bond donors (Lipinski definition) is 14. The molecule has 3 saturated heterocycles. The molecule has 0 bridgehead atoms. The lowest BCUT2D eigenvalue weighted by atomic mass is 9.96. The molecule has 4 aromatic rings. The number of phenols is 1. The minimum Gasteiger partial charge on any atom is -0.508 e. The van der Waals surface area contributed by atoms with Gasteiger partial charge in [-0.3, -0.25) is 33.6 Å². The molecule has 25 nitrogen and oxygen atoms in total. The van der Waals surface area contributed by atoms with E-state index in [9.17, 15) is 74.4 Å². The van der Waals surface area contributed by atoms with Gasteiger partial charge in [0, 0.05) is 44.0 Å². The fourth-order valence-corrected chi connectivity index (χ4v) is 10.6.